The summed E-state index contributed by atoms with van der Waals surface area (Å²) in [5.41, 5.74) is 14.1. The molecule has 11 rings (SSSR count). The Morgan fingerprint density at radius 1 is 0.635 bits per heavy atom. The lowest BCUT2D eigenvalue weighted by atomic mass is 9.79. The van der Waals surface area contributed by atoms with Gasteiger partial charge in [-0.15, -0.1) is 11.3 Å². The molecule has 0 amide bonds. The number of aryl methyl sites for hydroxylation is 1. The third-order valence-electron chi connectivity index (χ3n) is 11.5. The quantitative estimate of drug-likeness (QED) is 0.183. The summed E-state index contributed by atoms with van der Waals surface area (Å²) >= 11 is 1.91. The van der Waals surface area contributed by atoms with Gasteiger partial charge < -0.3 is 9.32 Å². The van der Waals surface area contributed by atoms with Crippen molar-refractivity contribution in [3.05, 3.63) is 167 Å². The molecule has 248 valence electrons. The van der Waals surface area contributed by atoms with Gasteiger partial charge in [-0.1, -0.05) is 129 Å². The van der Waals surface area contributed by atoms with Crippen molar-refractivity contribution < 1.29 is 4.42 Å². The Bertz CT molecular complexity index is 2930. The summed E-state index contributed by atoms with van der Waals surface area (Å²) in [4.78, 5) is 3.80. The lowest BCUT2D eigenvalue weighted by Gasteiger charge is -2.26. The predicted molar refractivity (Wildman–Crippen MR) is 222 cm³/mol. The standard InChI is InChI=1S/C49H35NOS/c1-49(2)39-28-27-31(30-15-5-3-6-16-30)29-38(39)44-45(49)35-21-10-9-20-34(35)43-37-23-14-24-40(46(37)51-47(43)44)50(32-17-7-4-8-18-32)41-25-13-22-36-33-19-11-12-26-42(33)52-48(36)41/h3-10,12-18,20-29H,11,19H2,1-2H3. The molecule has 2 aliphatic carbocycles. The van der Waals surface area contributed by atoms with E-state index in [9.17, 15) is 0 Å². The van der Waals surface area contributed by atoms with E-state index in [1.54, 1.807) is 0 Å². The van der Waals surface area contributed by atoms with Crippen LogP contribution in [0.5, 0.6) is 0 Å². The Kier molecular flexibility index (Phi) is 6.33. The van der Waals surface area contributed by atoms with Gasteiger partial charge in [0.05, 0.1) is 16.1 Å². The first-order valence-corrected chi connectivity index (χ1v) is 19.1. The highest BCUT2D eigenvalue weighted by molar-refractivity contribution is 7.20. The molecule has 9 aromatic rings. The highest BCUT2D eigenvalue weighted by Crippen LogP contribution is 2.57. The number of fused-ring (bicyclic) bond motifs is 13. The topological polar surface area (TPSA) is 16.4 Å². The minimum Gasteiger partial charge on any atom is -0.453 e. The average molecular weight is 686 g/mol. The molecule has 3 heteroatoms. The fourth-order valence-electron chi connectivity index (χ4n) is 9.18. The first kappa shape index (κ1) is 29.8. The van der Waals surface area contributed by atoms with E-state index in [4.69, 9.17) is 4.42 Å². The van der Waals surface area contributed by atoms with E-state index < -0.39 is 0 Å². The van der Waals surface area contributed by atoms with Gasteiger partial charge in [-0.05, 0) is 98.8 Å². The minimum absolute atomic E-state index is 0.200. The largest absolute Gasteiger partial charge is 0.453 e. The van der Waals surface area contributed by atoms with Crippen molar-refractivity contribution in [3.8, 4) is 22.3 Å². The summed E-state index contributed by atoms with van der Waals surface area (Å²) in [5, 5.41) is 6.21. The molecule has 0 spiro atoms. The molecule has 0 unspecified atom stereocenters. The Hall–Kier alpha value is -5.90. The molecule has 0 aliphatic heterocycles. The first-order chi connectivity index (χ1) is 25.6. The Morgan fingerprint density at radius 3 is 2.17 bits per heavy atom. The number of nitrogens with zero attached hydrogens (tertiary/aromatic N) is 1. The van der Waals surface area contributed by atoms with E-state index in [2.05, 4.69) is 170 Å². The van der Waals surface area contributed by atoms with Gasteiger partial charge in [-0.3, -0.25) is 0 Å². The Morgan fingerprint density at radius 2 is 1.35 bits per heavy atom. The SMILES string of the molecule is CC1(C)c2ccc(-c3ccccc3)cc2-c2c1c1ccccc1c1c2oc2c(N(c3ccccc3)c3cccc4c5c(sc34)C=CCC5)cccc21. The van der Waals surface area contributed by atoms with Crippen LogP contribution < -0.4 is 4.90 Å². The van der Waals surface area contributed by atoms with Crippen molar-refractivity contribution in [3.63, 3.8) is 0 Å². The summed E-state index contributed by atoms with van der Waals surface area (Å²) in [5.74, 6) is 0. The average Bonchev–Trinajstić information content (AvgIpc) is 3.85. The summed E-state index contributed by atoms with van der Waals surface area (Å²) in [6.07, 6.45) is 6.80. The molecule has 0 N–H and O–H groups in total. The molecule has 0 saturated heterocycles. The van der Waals surface area contributed by atoms with E-state index in [1.807, 2.05) is 11.3 Å². The summed E-state index contributed by atoms with van der Waals surface area (Å²) < 4.78 is 8.71. The summed E-state index contributed by atoms with van der Waals surface area (Å²) in [6.45, 7) is 4.75. The minimum atomic E-state index is -0.200. The van der Waals surface area contributed by atoms with Crippen LogP contribution in [0, 0.1) is 0 Å². The molecule has 0 bridgehead atoms. The summed E-state index contributed by atoms with van der Waals surface area (Å²) in [7, 11) is 0. The van der Waals surface area contributed by atoms with Crippen LogP contribution in [0.15, 0.2) is 150 Å². The van der Waals surface area contributed by atoms with Crippen molar-refractivity contribution in [1.82, 2.24) is 0 Å². The van der Waals surface area contributed by atoms with E-state index >= 15 is 0 Å². The van der Waals surface area contributed by atoms with E-state index in [0.29, 0.717) is 0 Å². The number of para-hydroxylation sites is 2. The van der Waals surface area contributed by atoms with Crippen LogP contribution in [0.25, 0.3) is 71.1 Å². The maximum Gasteiger partial charge on any atom is 0.159 e. The third kappa shape index (κ3) is 4.11. The molecular formula is C49H35NOS. The number of benzene rings is 7. The molecule has 2 aromatic heterocycles. The van der Waals surface area contributed by atoms with Crippen LogP contribution in [0.2, 0.25) is 0 Å². The maximum atomic E-state index is 7.40. The third-order valence-corrected chi connectivity index (χ3v) is 12.7. The Balaban J connectivity index is 1.24. The highest BCUT2D eigenvalue weighted by Gasteiger charge is 2.40. The fraction of sp³-hybridized carbons (Fsp3) is 0.102. The van der Waals surface area contributed by atoms with Gasteiger partial charge in [0, 0.05) is 32.3 Å². The molecule has 7 aromatic carbocycles. The molecule has 0 fully saturated rings. The van der Waals surface area contributed by atoms with E-state index in [1.165, 1.54) is 75.8 Å². The van der Waals surface area contributed by atoms with E-state index in [0.717, 1.165) is 40.8 Å². The van der Waals surface area contributed by atoms with Crippen LogP contribution in [0.4, 0.5) is 17.1 Å². The van der Waals surface area contributed by atoms with Crippen LogP contribution in [-0.2, 0) is 11.8 Å². The molecule has 2 nitrogen and oxygen atoms in total. The monoisotopic (exact) mass is 685 g/mol. The van der Waals surface area contributed by atoms with Crippen LogP contribution in [0.1, 0.15) is 41.8 Å². The molecule has 0 atom stereocenters. The predicted octanol–water partition coefficient (Wildman–Crippen LogP) is 14.4. The van der Waals surface area contributed by atoms with Gasteiger partial charge in [0.2, 0.25) is 0 Å². The fourth-order valence-corrected chi connectivity index (χ4v) is 10.5. The van der Waals surface area contributed by atoms with Crippen LogP contribution in [0.3, 0.4) is 0 Å². The van der Waals surface area contributed by atoms with Crippen LogP contribution >= 0.6 is 11.3 Å². The zero-order valence-electron chi connectivity index (χ0n) is 29.1. The van der Waals surface area contributed by atoms with Crippen molar-refractivity contribution in [2.75, 3.05) is 4.90 Å². The van der Waals surface area contributed by atoms with Crippen molar-refractivity contribution in [2.45, 2.75) is 32.1 Å². The van der Waals surface area contributed by atoms with Gasteiger partial charge >= 0.3 is 0 Å². The zero-order chi connectivity index (χ0) is 34.6. The lowest BCUT2D eigenvalue weighted by Crippen LogP contribution is -2.15. The number of thiophene rings is 1. The van der Waals surface area contributed by atoms with Crippen molar-refractivity contribution >= 4 is 77.3 Å². The van der Waals surface area contributed by atoms with Crippen molar-refractivity contribution in [2.24, 2.45) is 0 Å². The second kappa shape index (κ2) is 11.0. The number of hydrogen-bond donors (Lipinski definition) is 0. The molecule has 0 saturated carbocycles. The molecule has 2 heterocycles. The molecular weight excluding hydrogens is 651 g/mol. The van der Waals surface area contributed by atoms with Crippen molar-refractivity contribution in [1.29, 1.82) is 0 Å². The molecule has 0 radical (unpaired) electrons. The van der Waals surface area contributed by atoms with Gasteiger partial charge in [-0.25, -0.2) is 0 Å². The second-order valence-electron chi connectivity index (χ2n) is 14.7. The maximum absolute atomic E-state index is 7.40. The van der Waals surface area contributed by atoms with Gasteiger partial charge in [-0.2, -0.15) is 0 Å². The van der Waals surface area contributed by atoms with Crippen LogP contribution in [-0.4, -0.2) is 0 Å². The number of rotatable bonds is 4. The highest BCUT2D eigenvalue weighted by atomic mass is 32.1. The number of anilines is 3. The van der Waals surface area contributed by atoms with E-state index in [-0.39, 0.29) is 5.41 Å². The molecule has 52 heavy (non-hydrogen) atoms. The van der Waals surface area contributed by atoms with Gasteiger partial charge in [0.15, 0.2) is 5.58 Å². The van der Waals surface area contributed by atoms with Gasteiger partial charge in [0.25, 0.3) is 0 Å². The first-order valence-electron chi connectivity index (χ1n) is 18.2. The molecule has 2 aliphatic rings. The zero-order valence-corrected chi connectivity index (χ0v) is 29.9. The number of furan rings is 1. The van der Waals surface area contributed by atoms with Gasteiger partial charge in [0.1, 0.15) is 5.58 Å². The number of allylic oxidation sites excluding steroid dienone is 1. The summed E-state index contributed by atoms with van der Waals surface area (Å²) in [6, 6.07) is 51.0. The second-order valence-corrected chi connectivity index (χ2v) is 15.8. The smallest absolute Gasteiger partial charge is 0.159 e. The Labute approximate surface area is 306 Å². The number of hydrogen-bond acceptors (Lipinski definition) is 3. The lowest BCUT2D eigenvalue weighted by molar-refractivity contribution is 0.658. The normalized spacial score (nSPS) is 14.3.